The Hall–Kier alpha value is -3.54. The predicted octanol–water partition coefficient (Wildman–Crippen LogP) is 5.52. The molecule has 0 aliphatic carbocycles. The van der Waals surface area contributed by atoms with Crippen molar-refractivity contribution in [3.8, 4) is 11.4 Å². The van der Waals surface area contributed by atoms with E-state index in [1.807, 2.05) is 16.7 Å². The molecule has 5 aromatic rings. The van der Waals surface area contributed by atoms with Crippen LogP contribution in [0.5, 0.6) is 0 Å². The van der Waals surface area contributed by atoms with Crippen LogP contribution in [0.3, 0.4) is 0 Å². The van der Waals surface area contributed by atoms with E-state index < -0.39 is 11.7 Å². The van der Waals surface area contributed by atoms with Crippen LogP contribution in [0, 0.1) is 0 Å². The lowest BCUT2D eigenvalue weighted by Crippen LogP contribution is -2.39. The number of fused-ring (bicyclic) bond motifs is 2. The smallest absolute Gasteiger partial charge is 0.379 e. The fourth-order valence-electron chi connectivity index (χ4n) is 4.61. The Balaban J connectivity index is 1.35. The van der Waals surface area contributed by atoms with E-state index in [0.717, 1.165) is 66.2 Å². The van der Waals surface area contributed by atoms with Crippen LogP contribution in [-0.4, -0.2) is 63.8 Å². The fraction of sp³-hybridized carbons (Fsp3) is 0.296. The molecule has 1 fully saturated rings. The Bertz CT molecular complexity index is 1560. The van der Waals surface area contributed by atoms with Gasteiger partial charge in [0.05, 0.1) is 31.6 Å². The Labute approximate surface area is 220 Å². The number of aromatic nitrogens is 4. The summed E-state index contributed by atoms with van der Waals surface area (Å²) in [5.74, 6) is 1.22. The minimum atomic E-state index is -4.37. The standard InChI is InChI=1S/C27H25F3N6OS/c28-27(29,30)19-7-5-18(6-8-19)15-36-17-32-23-25(31-9-10-35-11-13-37-14-12-35)33-24(34-26(23)36)21-16-38-22-4-2-1-3-20(21)22/h1-8,16-17H,9-15H2,(H,31,33,34). The summed E-state index contributed by atoms with van der Waals surface area (Å²) in [6.07, 6.45) is -2.70. The topological polar surface area (TPSA) is 68.1 Å². The number of hydrogen-bond donors (Lipinski definition) is 1. The fourth-order valence-corrected chi connectivity index (χ4v) is 5.55. The van der Waals surface area contributed by atoms with Crippen LogP contribution >= 0.6 is 11.3 Å². The Morgan fingerprint density at radius 2 is 1.79 bits per heavy atom. The molecule has 7 nitrogen and oxygen atoms in total. The molecular weight excluding hydrogens is 513 g/mol. The summed E-state index contributed by atoms with van der Waals surface area (Å²) in [6, 6.07) is 13.3. The molecule has 38 heavy (non-hydrogen) atoms. The van der Waals surface area contributed by atoms with Gasteiger partial charge in [0.15, 0.2) is 17.3 Å². The minimum Gasteiger partial charge on any atom is -0.379 e. The third kappa shape index (κ3) is 5.09. The van der Waals surface area contributed by atoms with Crippen LogP contribution in [0.1, 0.15) is 11.1 Å². The van der Waals surface area contributed by atoms with Gasteiger partial charge in [0, 0.05) is 47.2 Å². The Kier molecular flexibility index (Phi) is 6.73. The molecule has 4 heterocycles. The van der Waals surface area contributed by atoms with Crippen LogP contribution in [0.15, 0.2) is 60.2 Å². The molecule has 11 heteroatoms. The normalized spacial score (nSPS) is 14.9. The first-order valence-electron chi connectivity index (χ1n) is 12.4. The molecule has 1 aliphatic heterocycles. The zero-order chi connectivity index (χ0) is 26.1. The van der Waals surface area contributed by atoms with Gasteiger partial charge < -0.3 is 14.6 Å². The maximum absolute atomic E-state index is 13.0. The third-order valence-electron chi connectivity index (χ3n) is 6.64. The number of ether oxygens (including phenoxy) is 1. The van der Waals surface area contributed by atoms with Gasteiger partial charge >= 0.3 is 6.18 Å². The number of morpholine rings is 1. The number of rotatable bonds is 7. The molecule has 0 spiro atoms. The van der Waals surface area contributed by atoms with E-state index in [-0.39, 0.29) is 0 Å². The van der Waals surface area contributed by atoms with E-state index in [4.69, 9.17) is 14.7 Å². The molecule has 2 aromatic carbocycles. The summed E-state index contributed by atoms with van der Waals surface area (Å²) in [7, 11) is 0. The Morgan fingerprint density at radius 3 is 2.58 bits per heavy atom. The summed E-state index contributed by atoms with van der Waals surface area (Å²) < 4.78 is 47.5. The molecule has 0 bridgehead atoms. The van der Waals surface area contributed by atoms with Crippen molar-refractivity contribution in [3.63, 3.8) is 0 Å². The lowest BCUT2D eigenvalue weighted by atomic mass is 10.1. The quantitative estimate of drug-likeness (QED) is 0.294. The van der Waals surface area contributed by atoms with Crippen molar-refractivity contribution in [1.29, 1.82) is 0 Å². The van der Waals surface area contributed by atoms with Crippen molar-refractivity contribution in [2.24, 2.45) is 0 Å². The molecule has 1 aliphatic rings. The van der Waals surface area contributed by atoms with E-state index in [1.54, 1.807) is 17.7 Å². The minimum absolute atomic E-state index is 0.336. The van der Waals surface area contributed by atoms with Crippen molar-refractivity contribution in [2.45, 2.75) is 12.7 Å². The number of imidazole rings is 1. The zero-order valence-corrected chi connectivity index (χ0v) is 21.2. The van der Waals surface area contributed by atoms with Gasteiger partial charge in [-0.3, -0.25) is 4.90 Å². The van der Waals surface area contributed by atoms with Gasteiger partial charge in [0.2, 0.25) is 0 Å². The molecule has 0 amide bonds. The number of alkyl halides is 3. The highest BCUT2D eigenvalue weighted by Gasteiger charge is 2.30. The molecule has 6 rings (SSSR count). The first-order chi connectivity index (χ1) is 18.5. The monoisotopic (exact) mass is 538 g/mol. The first kappa shape index (κ1) is 24.8. The molecule has 1 N–H and O–H groups in total. The SMILES string of the molecule is FC(F)(F)c1ccc(Cn2cnc3c(NCCN4CCOCC4)nc(-c4csc5ccccc45)nc32)cc1. The second-order valence-electron chi connectivity index (χ2n) is 9.16. The van der Waals surface area contributed by atoms with Crippen molar-refractivity contribution >= 4 is 38.4 Å². The van der Waals surface area contributed by atoms with Gasteiger partial charge in [-0.25, -0.2) is 15.0 Å². The molecule has 1 saturated heterocycles. The number of nitrogens with one attached hydrogen (secondary N) is 1. The van der Waals surface area contributed by atoms with Crippen LogP contribution < -0.4 is 5.32 Å². The van der Waals surface area contributed by atoms with Gasteiger partial charge in [-0.2, -0.15) is 13.2 Å². The number of nitrogens with zero attached hydrogens (tertiary/aromatic N) is 5. The molecule has 0 unspecified atom stereocenters. The van der Waals surface area contributed by atoms with Crippen LogP contribution in [-0.2, 0) is 17.5 Å². The average molecular weight is 539 g/mol. The number of anilines is 1. The van der Waals surface area contributed by atoms with E-state index in [2.05, 4.69) is 32.7 Å². The van der Waals surface area contributed by atoms with Gasteiger partial charge in [-0.15, -0.1) is 11.3 Å². The molecule has 3 aromatic heterocycles. The van der Waals surface area contributed by atoms with Crippen LogP contribution in [0.25, 0.3) is 32.6 Å². The van der Waals surface area contributed by atoms with Crippen LogP contribution in [0.2, 0.25) is 0 Å². The summed E-state index contributed by atoms with van der Waals surface area (Å²) in [5, 5.41) is 6.59. The zero-order valence-electron chi connectivity index (χ0n) is 20.4. The number of hydrogen-bond acceptors (Lipinski definition) is 7. The molecule has 196 valence electrons. The summed E-state index contributed by atoms with van der Waals surface area (Å²) in [6.45, 7) is 5.13. The largest absolute Gasteiger partial charge is 0.416 e. The molecule has 0 atom stereocenters. The summed E-state index contributed by atoms with van der Waals surface area (Å²) >= 11 is 1.64. The third-order valence-corrected chi connectivity index (χ3v) is 7.61. The highest BCUT2D eigenvalue weighted by Crippen LogP contribution is 2.34. The summed E-state index contributed by atoms with van der Waals surface area (Å²) in [5.41, 5.74) is 2.24. The van der Waals surface area contributed by atoms with Crippen LogP contribution in [0.4, 0.5) is 19.0 Å². The maximum Gasteiger partial charge on any atom is 0.416 e. The van der Waals surface area contributed by atoms with E-state index in [1.165, 1.54) is 12.1 Å². The van der Waals surface area contributed by atoms with E-state index in [9.17, 15) is 13.2 Å². The van der Waals surface area contributed by atoms with Gasteiger partial charge in [0.1, 0.15) is 5.52 Å². The van der Waals surface area contributed by atoms with Crippen molar-refractivity contribution < 1.29 is 17.9 Å². The lowest BCUT2D eigenvalue weighted by Gasteiger charge is -2.26. The second-order valence-corrected chi connectivity index (χ2v) is 10.1. The van der Waals surface area contributed by atoms with Gasteiger partial charge in [-0.1, -0.05) is 30.3 Å². The number of halogens is 3. The van der Waals surface area contributed by atoms with Crippen molar-refractivity contribution in [2.75, 3.05) is 44.7 Å². The van der Waals surface area contributed by atoms with E-state index in [0.29, 0.717) is 35.9 Å². The molecular formula is C27H25F3N6OS. The average Bonchev–Trinajstić information content (AvgIpc) is 3.54. The second kappa shape index (κ2) is 10.3. The van der Waals surface area contributed by atoms with E-state index >= 15 is 0 Å². The first-order valence-corrected chi connectivity index (χ1v) is 13.2. The predicted molar refractivity (Wildman–Crippen MR) is 142 cm³/mol. The summed E-state index contributed by atoms with van der Waals surface area (Å²) in [4.78, 5) is 16.7. The molecule has 0 radical (unpaired) electrons. The highest BCUT2D eigenvalue weighted by molar-refractivity contribution is 7.17. The highest BCUT2D eigenvalue weighted by atomic mass is 32.1. The van der Waals surface area contributed by atoms with Crippen molar-refractivity contribution in [1.82, 2.24) is 24.4 Å². The number of benzene rings is 2. The molecule has 0 saturated carbocycles. The lowest BCUT2D eigenvalue weighted by molar-refractivity contribution is -0.137. The van der Waals surface area contributed by atoms with Gasteiger partial charge in [-0.05, 0) is 23.8 Å². The maximum atomic E-state index is 13.0. The Morgan fingerprint density at radius 1 is 1.00 bits per heavy atom. The van der Waals surface area contributed by atoms with Crippen molar-refractivity contribution in [3.05, 3.63) is 71.4 Å². The van der Waals surface area contributed by atoms with Gasteiger partial charge in [0.25, 0.3) is 0 Å². The number of thiophene rings is 1.